The fourth-order valence-electron chi connectivity index (χ4n) is 2.41. The molecule has 1 amide bonds. The predicted molar refractivity (Wildman–Crippen MR) is 100.0 cm³/mol. The Morgan fingerprint density at radius 3 is 2.35 bits per heavy atom. The zero-order valence-corrected chi connectivity index (χ0v) is 15.1. The van der Waals surface area contributed by atoms with Crippen LogP contribution in [0.5, 0.6) is 0 Å². The van der Waals surface area contributed by atoms with Crippen LogP contribution in [0.15, 0.2) is 54.6 Å². The first kappa shape index (κ1) is 17.9. The second kappa shape index (κ2) is 8.42. The molecule has 0 fully saturated rings. The van der Waals surface area contributed by atoms with Gasteiger partial charge in [-0.05, 0) is 43.5 Å². The molecule has 0 spiro atoms. The number of carbonyl (C=O) groups is 1. The summed E-state index contributed by atoms with van der Waals surface area (Å²) in [4.78, 5) is 12.1. The molecule has 2 rings (SSSR count). The molecule has 0 atom stereocenters. The summed E-state index contributed by atoms with van der Waals surface area (Å²) >= 11 is 7.48. The molecule has 4 heteroatoms. The Morgan fingerprint density at radius 2 is 1.70 bits per heavy atom. The van der Waals surface area contributed by atoms with Crippen LogP contribution in [-0.4, -0.2) is 17.2 Å². The summed E-state index contributed by atoms with van der Waals surface area (Å²) in [6, 6.07) is 18.0. The Morgan fingerprint density at radius 1 is 1.04 bits per heavy atom. The fraction of sp³-hybridized carbons (Fsp3) is 0.316. The van der Waals surface area contributed by atoms with E-state index in [1.54, 1.807) is 11.8 Å². The van der Waals surface area contributed by atoms with Gasteiger partial charge in [0.15, 0.2) is 0 Å². The minimum Gasteiger partial charge on any atom is -0.350 e. The maximum Gasteiger partial charge on any atom is 0.230 e. The highest BCUT2D eigenvalue weighted by Gasteiger charge is 2.20. The van der Waals surface area contributed by atoms with E-state index < -0.39 is 0 Å². The van der Waals surface area contributed by atoms with Gasteiger partial charge < -0.3 is 5.32 Å². The van der Waals surface area contributed by atoms with Gasteiger partial charge in [0, 0.05) is 16.3 Å². The Hall–Kier alpha value is -1.45. The number of nitrogens with one attached hydrogen (secondary N) is 1. The smallest absolute Gasteiger partial charge is 0.230 e. The van der Waals surface area contributed by atoms with Crippen molar-refractivity contribution in [3.63, 3.8) is 0 Å². The number of hydrogen-bond acceptors (Lipinski definition) is 2. The van der Waals surface area contributed by atoms with E-state index >= 15 is 0 Å². The van der Waals surface area contributed by atoms with Gasteiger partial charge in [-0.15, -0.1) is 11.8 Å². The lowest BCUT2D eigenvalue weighted by molar-refractivity contribution is -0.120. The van der Waals surface area contributed by atoms with Crippen molar-refractivity contribution in [3.05, 3.63) is 70.7 Å². The number of amides is 1. The van der Waals surface area contributed by atoms with Crippen molar-refractivity contribution < 1.29 is 4.79 Å². The monoisotopic (exact) mass is 347 g/mol. The summed E-state index contributed by atoms with van der Waals surface area (Å²) in [5.74, 6) is 1.34. The van der Waals surface area contributed by atoms with Gasteiger partial charge in [-0.3, -0.25) is 4.79 Å². The topological polar surface area (TPSA) is 29.1 Å². The second-order valence-electron chi connectivity index (χ2n) is 6.21. The minimum absolute atomic E-state index is 0.0740. The number of rotatable bonds is 7. The summed E-state index contributed by atoms with van der Waals surface area (Å²) in [6.45, 7) is 4.11. The number of thioether (sulfide) groups is 1. The van der Waals surface area contributed by atoms with Gasteiger partial charge >= 0.3 is 0 Å². The van der Waals surface area contributed by atoms with Gasteiger partial charge in [0.25, 0.3) is 0 Å². The highest BCUT2D eigenvalue weighted by Crippen LogP contribution is 2.16. The van der Waals surface area contributed by atoms with Gasteiger partial charge in [0.1, 0.15) is 0 Å². The van der Waals surface area contributed by atoms with Crippen LogP contribution in [0, 0.1) is 0 Å². The van der Waals surface area contributed by atoms with E-state index in [9.17, 15) is 4.79 Å². The Kier molecular flexibility index (Phi) is 6.55. The molecule has 0 heterocycles. The first-order valence-electron chi connectivity index (χ1n) is 7.62. The molecule has 2 aromatic rings. The fourth-order valence-corrected chi connectivity index (χ4v) is 3.32. The molecule has 1 N–H and O–H groups in total. The maximum absolute atomic E-state index is 12.1. The van der Waals surface area contributed by atoms with Gasteiger partial charge in [0.05, 0.1) is 5.75 Å². The van der Waals surface area contributed by atoms with E-state index in [-0.39, 0.29) is 11.4 Å². The minimum atomic E-state index is -0.251. The number of hydrogen-bond donors (Lipinski definition) is 1. The highest BCUT2D eigenvalue weighted by molar-refractivity contribution is 7.99. The van der Waals surface area contributed by atoms with Crippen molar-refractivity contribution in [1.29, 1.82) is 0 Å². The number of benzene rings is 2. The van der Waals surface area contributed by atoms with Gasteiger partial charge in [-0.1, -0.05) is 54.1 Å². The van der Waals surface area contributed by atoms with Crippen molar-refractivity contribution >= 4 is 29.3 Å². The quantitative estimate of drug-likeness (QED) is 0.785. The van der Waals surface area contributed by atoms with Crippen LogP contribution < -0.4 is 5.32 Å². The van der Waals surface area contributed by atoms with Gasteiger partial charge in [0.2, 0.25) is 5.91 Å². The molecule has 0 aliphatic carbocycles. The van der Waals surface area contributed by atoms with Crippen molar-refractivity contribution in [2.24, 2.45) is 0 Å². The SMILES string of the molecule is CC(C)(Cc1ccccc1)NC(=O)CSCc1ccc(Cl)cc1. The van der Waals surface area contributed by atoms with E-state index in [4.69, 9.17) is 11.6 Å². The molecule has 0 saturated carbocycles. The molecular formula is C19H22ClNOS. The summed E-state index contributed by atoms with van der Waals surface area (Å²) in [5, 5.41) is 3.85. The van der Waals surface area contributed by atoms with Crippen LogP contribution >= 0.6 is 23.4 Å². The zero-order chi connectivity index (χ0) is 16.7. The summed E-state index contributed by atoms with van der Waals surface area (Å²) in [7, 11) is 0. The van der Waals surface area contributed by atoms with Crippen molar-refractivity contribution in [2.75, 3.05) is 5.75 Å². The lowest BCUT2D eigenvalue weighted by Crippen LogP contribution is -2.45. The molecule has 23 heavy (non-hydrogen) atoms. The van der Waals surface area contributed by atoms with Crippen LogP contribution in [0.1, 0.15) is 25.0 Å². The summed E-state index contributed by atoms with van der Waals surface area (Å²) < 4.78 is 0. The molecule has 0 saturated heterocycles. The van der Waals surface area contributed by atoms with Gasteiger partial charge in [-0.25, -0.2) is 0 Å². The molecule has 0 aromatic heterocycles. The molecule has 0 aliphatic rings. The van der Waals surface area contributed by atoms with Gasteiger partial charge in [-0.2, -0.15) is 0 Å². The molecule has 0 radical (unpaired) electrons. The lowest BCUT2D eigenvalue weighted by atomic mass is 9.95. The molecule has 2 nitrogen and oxygen atoms in total. The Bertz CT molecular complexity index is 626. The predicted octanol–water partition coefficient (Wildman–Crippen LogP) is 4.71. The molecule has 122 valence electrons. The van der Waals surface area contributed by atoms with Crippen LogP contribution in [0.3, 0.4) is 0 Å². The number of halogens is 1. The standard InChI is InChI=1S/C19H22ClNOS/c1-19(2,12-15-6-4-3-5-7-15)21-18(22)14-23-13-16-8-10-17(20)11-9-16/h3-11H,12-14H2,1-2H3,(H,21,22). The third-order valence-electron chi connectivity index (χ3n) is 3.38. The van der Waals surface area contributed by atoms with E-state index in [1.165, 1.54) is 11.1 Å². The Balaban J connectivity index is 1.76. The molecule has 2 aromatic carbocycles. The van der Waals surface area contributed by atoms with Crippen LogP contribution in [0.2, 0.25) is 5.02 Å². The lowest BCUT2D eigenvalue weighted by Gasteiger charge is -2.26. The first-order valence-corrected chi connectivity index (χ1v) is 9.15. The molecule has 0 aliphatic heterocycles. The average Bonchev–Trinajstić information content (AvgIpc) is 2.49. The Labute approximate surface area is 147 Å². The van der Waals surface area contributed by atoms with Crippen molar-refractivity contribution in [2.45, 2.75) is 31.6 Å². The van der Waals surface area contributed by atoms with E-state index in [2.05, 4.69) is 31.3 Å². The van der Waals surface area contributed by atoms with E-state index in [0.717, 1.165) is 17.2 Å². The molecular weight excluding hydrogens is 326 g/mol. The van der Waals surface area contributed by atoms with E-state index in [0.29, 0.717) is 5.75 Å². The second-order valence-corrected chi connectivity index (χ2v) is 7.64. The molecule has 0 bridgehead atoms. The highest BCUT2D eigenvalue weighted by atomic mass is 35.5. The zero-order valence-electron chi connectivity index (χ0n) is 13.5. The number of carbonyl (C=O) groups excluding carboxylic acids is 1. The van der Waals surface area contributed by atoms with Crippen LogP contribution in [0.25, 0.3) is 0 Å². The summed E-state index contributed by atoms with van der Waals surface area (Å²) in [6.07, 6.45) is 0.821. The summed E-state index contributed by atoms with van der Waals surface area (Å²) in [5.41, 5.74) is 2.15. The van der Waals surface area contributed by atoms with Crippen molar-refractivity contribution in [1.82, 2.24) is 5.32 Å². The maximum atomic E-state index is 12.1. The normalized spacial score (nSPS) is 11.3. The van der Waals surface area contributed by atoms with Crippen LogP contribution in [0.4, 0.5) is 0 Å². The first-order chi connectivity index (χ1) is 10.9. The van der Waals surface area contributed by atoms with Crippen molar-refractivity contribution in [3.8, 4) is 0 Å². The largest absolute Gasteiger partial charge is 0.350 e. The van der Waals surface area contributed by atoms with E-state index in [1.807, 2.05) is 42.5 Å². The molecule has 0 unspecified atom stereocenters. The third kappa shape index (κ3) is 6.67. The van der Waals surface area contributed by atoms with Crippen LogP contribution in [-0.2, 0) is 17.0 Å². The third-order valence-corrected chi connectivity index (χ3v) is 4.64. The average molecular weight is 348 g/mol.